The van der Waals surface area contributed by atoms with E-state index in [4.69, 9.17) is 4.42 Å². The van der Waals surface area contributed by atoms with E-state index in [2.05, 4.69) is 0 Å². The first kappa shape index (κ1) is 8.82. The second kappa shape index (κ2) is 3.18. The van der Waals surface area contributed by atoms with Gasteiger partial charge in [-0.3, -0.25) is 0 Å². The van der Waals surface area contributed by atoms with E-state index in [1.54, 1.807) is 0 Å². The van der Waals surface area contributed by atoms with Crippen molar-refractivity contribution in [2.45, 2.75) is 32.6 Å². The van der Waals surface area contributed by atoms with E-state index in [1.807, 2.05) is 19.1 Å². The van der Waals surface area contributed by atoms with E-state index in [1.165, 1.54) is 6.42 Å². The highest BCUT2D eigenvalue weighted by Crippen LogP contribution is 2.43. The van der Waals surface area contributed by atoms with Gasteiger partial charge in [-0.05, 0) is 31.9 Å². The zero-order chi connectivity index (χ0) is 9.31. The first-order valence-electron chi connectivity index (χ1n) is 4.90. The molecule has 1 aliphatic carbocycles. The number of aryl methyl sites for hydroxylation is 1. The molecule has 0 spiro atoms. The Morgan fingerprint density at radius 2 is 2.23 bits per heavy atom. The molecule has 2 rings (SSSR count). The summed E-state index contributed by atoms with van der Waals surface area (Å²) >= 11 is 0. The van der Waals surface area contributed by atoms with Gasteiger partial charge < -0.3 is 9.52 Å². The van der Waals surface area contributed by atoms with Crippen LogP contribution in [-0.2, 0) is 6.42 Å². The molecule has 2 heteroatoms. The summed E-state index contributed by atoms with van der Waals surface area (Å²) in [5, 5.41) is 9.26. The first-order chi connectivity index (χ1) is 6.24. The maximum atomic E-state index is 9.26. The highest BCUT2D eigenvalue weighted by molar-refractivity contribution is 5.09. The zero-order valence-corrected chi connectivity index (χ0v) is 8.05. The van der Waals surface area contributed by atoms with Crippen LogP contribution in [0.5, 0.6) is 0 Å². The number of aliphatic hydroxyl groups is 1. The molecule has 0 unspecified atom stereocenters. The van der Waals surface area contributed by atoms with Crippen LogP contribution in [0.25, 0.3) is 0 Å². The van der Waals surface area contributed by atoms with Crippen LogP contribution < -0.4 is 0 Å². The number of hydrogen-bond donors (Lipinski definition) is 1. The van der Waals surface area contributed by atoms with Crippen LogP contribution in [0.2, 0.25) is 0 Å². The van der Waals surface area contributed by atoms with Gasteiger partial charge in [0.15, 0.2) is 0 Å². The molecular formula is C11H16O2. The van der Waals surface area contributed by atoms with Gasteiger partial charge in [-0.2, -0.15) is 0 Å². The Labute approximate surface area is 78.6 Å². The van der Waals surface area contributed by atoms with Crippen molar-refractivity contribution in [3.63, 3.8) is 0 Å². The zero-order valence-electron chi connectivity index (χ0n) is 8.05. The van der Waals surface area contributed by atoms with Gasteiger partial charge in [0, 0.05) is 18.4 Å². The lowest BCUT2D eigenvalue weighted by atomic mass is 9.67. The van der Waals surface area contributed by atoms with Gasteiger partial charge in [-0.15, -0.1) is 0 Å². The highest BCUT2D eigenvalue weighted by atomic mass is 16.3. The summed E-state index contributed by atoms with van der Waals surface area (Å²) in [6.45, 7) is 2.25. The van der Waals surface area contributed by atoms with E-state index in [9.17, 15) is 5.11 Å². The van der Waals surface area contributed by atoms with Gasteiger partial charge in [0.25, 0.3) is 0 Å². The second-order valence-electron chi connectivity index (χ2n) is 4.20. The molecule has 1 aliphatic rings. The molecule has 1 aromatic heterocycles. The molecule has 0 atom stereocenters. The Kier molecular flexibility index (Phi) is 2.16. The van der Waals surface area contributed by atoms with Crippen LogP contribution in [0.4, 0.5) is 0 Å². The molecule has 2 nitrogen and oxygen atoms in total. The highest BCUT2D eigenvalue weighted by Gasteiger charge is 2.37. The SMILES string of the molecule is Cc1ccc(CC2(CO)CCC2)o1. The monoisotopic (exact) mass is 180 g/mol. The molecule has 13 heavy (non-hydrogen) atoms. The first-order valence-corrected chi connectivity index (χ1v) is 4.90. The van der Waals surface area contributed by atoms with E-state index in [0.29, 0.717) is 6.61 Å². The van der Waals surface area contributed by atoms with Gasteiger partial charge in [-0.1, -0.05) is 6.42 Å². The van der Waals surface area contributed by atoms with Gasteiger partial charge in [0.1, 0.15) is 11.5 Å². The van der Waals surface area contributed by atoms with Crippen molar-refractivity contribution in [1.82, 2.24) is 0 Å². The van der Waals surface area contributed by atoms with E-state index >= 15 is 0 Å². The van der Waals surface area contributed by atoms with Crippen LogP contribution >= 0.6 is 0 Å². The summed E-state index contributed by atoms with van der Waals surface area (Å²) in [5.74, 6) is 1.98. The minimum absolute atomic E-state index is 0.143. The predicted octanol–water partition coefficient (Wildman–Crippen LogP) is 2.29. The predicted molar refractivity (Wildman–Crippen MR) is 50.5 cm³/mol. The molecule has 1 saturated carbocycles. The van der Waals surface area contributed by atoms with Gasteiger partial charge in [0.05, 0.1) is 0 Å². The minimum atomic E-state index is 0.143. The Hall–Kier alpha value is -0.760. The van der Waals surface area contributed by atoms with Crippen LogP contribution in [0.3, 0.4) is 0 Å². The summed E-state index contributed by atoms with van der Waals surface area (Å²) in [4.78, 5) is 0. The molecule has 1 fully saturated rings. The van der Waals surface area contributed by atoms with Crippen molar-refractivity contribution in [2.24, 2.45) is 5.41 Å². The van der Waals surface area contributed by atoms with Crippen LogP contribution in [0.15, 0.2) is 16.5 Å². The quantitative estimate of drug-likeness (QED) is 0.774. The van der Waals surface area contributed by atoms with Crippen LogP contribution in [0.1, 0.15) is 30.8 Å². The third kappa shape index (κ3) is 1.63. The van der Waals surface area contributed by atoms with Crippen molar-refractivity contribution in [2.75, 3.05) is 6.61 Å². The maximum Gasteiger partial charge on any atom is 0.104 e. The lowest BCUT2D eigenvalue weighted by Crippen LogP contribution is -2.35. The lowest BCUT2D eigenvalue weighted by molar-refractivity contribution is 0.0399. The Morgan fingerprint density at radius 3 is 2.62 bits per heavy atom. The number of aliphatic hydroxyl groups excluding tert-OH is 1. The molecule has 0 bridgehead atoms. The summed E-state index contributed by atoms with van der Waals surface area (Å²) in [7, 11) is 0. The molecule has 0 aromatic carbocycles. The smallest absolute Gasteiger partial charge is 0.104 e. The fourth-order valence-electron chi connectivity index (χ4n) is 2.02. The average Bonchev–Trinajstić information content (AvgIpc) is 2.44. The topological polar surface area (TPSA) is 33.4 Å². The van der Waals surface area contributed by atoms with Crippen molar-refractivity contribution in [1.29, 1.82) is 0 Å². The molecule has 0 radical (unpaired) electrons. The lowest BCUT2D eigenvalue weighted by Gasteiger charge is -2.39. The van der Waals surface area contributed by atoms with Crippen LogP contribution in [0, 0.1) is 12.3 Å². The standard InChI is InChI=1S/C11H16O2/c1-9-3-4-10(13-9)7-11(8-12)5-2-6-11/h3-4,12H,2,5-8H2,1H3. The van der Waals surface area contributed by atoms with Crippen molar-refractivity contribution >= 4 is 0 Å². The van der Waals surface area contributed by atoms with Gasteiger partial charge >= 0.3 is 0 Å². The Balaban J connectivity index is 2.04. The molecule has 72 valence electrons. The Morgan fingerprint density at radius 1 is 1.46 bits per heavy atom. The van der Waals surface area contributed by atoms with Crippen molar-refractivity contribution in [3.8, 4) is 0 Å². The number of furan rings is 1. The van der Waals surface area contributed by atoms with Crippen LogP contribution in [-0.4, -0.2) is 11.7 Å². The third-order valence-electron chi connectivity index (χ3n) is 3.09. The van der Waals surface area contributed by atoms with Gasteiger partial charge in [0.2, 0.25) is 0 Å². The van der Waals surface area contributed by atoms with Crippen molar-refractivity contribution in [3.05, 3.63) is 23.7 Å². The molecule has 1 heterocycles. The second-order valence-corrected chi connectivity index (χ2v) is 4.20. The summed E-state index contributed by atoms with van der Waals surface area (Å²) in [6.07, 6.45) is 4.43. The Bertz CT molecular complexity index is 279. The number of hydrogen-bond acceptors (Lipinski definition) is 2. The summed E-state index contributed by atoms with van der Waals surface area (Å²) < 4.78 is 5.51. The molecular weight excluding hydrogens is 164 g/mol. The molecule has 0 amide bonds. The summed E-state index contributed by atoms with van der Waals surface area (Å²) in [6, 6.07) is 4.00. The molecule has 0 aliphatic heterocycles. The maximum absolute atomic E-state index is 9.26. The third-order valence-corrected chi connectivity index (χ3v) is 3.09. The average molecular weight is 180 g/mol. The van der Waals surface area contributed by atoms with E-state index < -0.39 is 0 Å². The molecule has 1 N–H and O–H groups in total. The summed E-state index contributed by atoms with van der Waals surface area (Å²) in [5.41, 5.74) is 0.143. The fraction of sp³-hybridized carbons (Fsp3) is 0.636. The van der Waals surface area contributed by atoms with E-state index in [0.717, 1.165) is 30.8 Å². The largest absolute Gasteiger partial charge is 0.466 e. The molecule has 1 aromatic rings. The number of rotatable bonds is 3. The minimum Gasteiger partial charge on any atom is -0.466 e. The van der Waals surface area contributed by atoms with Gasteiger partial charge in [-0.25, -0.2) is 0 Å². The van der Waals surface area contributed by atoms with E-state index in [-0.39, 0.29) is 5.41 Å². The fourth-order valence-corrected chi connectivity index (χ4v) is 2.02. The normalized spacial score (nSPS) is 19.8. The molecule has 0 saturated heterocycles. The van der Waals surface area contributed by atoms with Crippen molar-refractivity contribution < 1.29 is 9.52 Å².